The number of unbranched alkanes of at least 4 members (excludes halogenated alkanes) is 11. The molecule has 0 spiro atoms. The molecule has 0 aromatic carbocycles. The van der Waals surface area contributed by atoms with Gasteiger partial charge in [-0.3, -0.25) is 0 Å². The van der Waals surface area contributed by atoms with Gasteiger partial charge < -0.3 is 0 Å². The average molecular weight is 302 g/mol. The van der Waals surface area contributed by atoms with Gasteiger partial charge in [-0.2, -0.15) is 0 Å². The molecule has 128 valence electrons. The highest BCUT2D eigenvalue weighted by Gasteiger charge is 2.10. The minimum atomic E-state index is 0.0665. The molecule has 0 aliphatic rings. The van der Waals surface area contributed by atoms with Crippen molar-refractivity contribution in [1.29, 1.82) is 0 Å². The van der Waals surface area contributed by atoms with Gasteiger partial charge in [0.2, 0.25) is 0 Å². The van der Waals surface area contributed by atoms with Gasteiger partial charge in [-0.15, -0.1) is 0 Å². The van der Waals surface area contributed by atoms with Crippen molar-refractivity contribution < 1.29 is 15.2 Å². The van der Waals surface area contributed by atoms with Gasteiger partial charge in [0, 0.05) is 0 Å². The summed E-state index contributed by atoms with van der Waals surface area (Å²) in [6.07, 6.45) is 19.0. The summed E-state index contributed by atoms with van der Waals surface area (Å²) in [7, 11) is 0. The first-order valence-corrected chi connectivity index (χ1v) is 9.32. The molecule has 1 atom stereocenters. The van der Waals surface area contributed by atoms with E-state index in [0.29, 0.717) is 0 Å². The van der Waals surface area contributed by atoms with Gasteiger partial charge in [-0.25, -0.2) is 10.1 Å². The van der Waals surface area contributed by atoms with Crippen LogP contribution in [-0.2, 0) is 9.93 Å². The predicted octanol–water partition coefficient (Wildman–Crippen LogP) is 6.67. The van der Waals surface area contributed by atoms with E-state index in [-0.39, 0.29) is 6.10 Å². The zero-order valence-corrected chi connectivity index (χ0v) is 14.4. The van der Waals surface area contributed by atoms with Gasteiger partial charge in [-0.05, 0) is 12.8 Å². The first kappa shape index (κ1) is 20.9. The van der Waals surface area contributed by atoms with Crippen molar-refractivity contribution in [2.75, 3.05) is 0 Å². The normalized spacial score (nSPS) is 12.7. The van der Waals surface area contributed by atoms with Crippen molar-refractivity contribution in [3.63, 3.8) is 0 Å². The highest BCUT2D eigenvalue weighted by Crippen LogP contribution is 2.16. The van der Waals surface area contributed by atoms with Crippen molar-refractivity contribution in [3.05, 3.63) is 0 Å². The molecule has 1 N–H and O–H groups in total. The molecular formula is C18H38O3. The van der Waals surface area contributed by atoms with Crippen LogP contribution in [0, 0.1) is 0 Å². The summed E-state index contributed by atoms with van der Waals surface area (Å²) in [6, 6.07) is 0. The predicted molar refractivity (Wildman–Crippen MR) is 89.2 cm³/mol. The van der Waals surface area contributed by atoms with Crippen LogP contribution in [0.15, 0.2) is 0 Å². The van der Waals surface area contributed by atoms with Crippen molar-refractivity contribution in [2.24, 2.45) is 0 Å². The maximum absolute atomic E-state index is 8.49. The quantitative estimate of drug-likeness (QED) is 0.185. The van der Waals surface area contributed by atoms with Crippen LogP contribution in [0.1, 0.15) is 110 Å². The maximum atomic E-state index is 8.49. The Morgan fingerprint density at radius 2 is 1.00 bits per heavy atom. The highest BCUT2D eigenvalue weighted by atomic mass is 17.5. The minimum Gasteiger partial charge on any atom is -0.221 e. The first-order valence-electron chi connectivity index (χ1n) is 9.32. The Kier molecular flexibility index (Phi) is 17.8. The van der Waals surface area contributed by atoms with Gasteiger partial charge in [-0.1, -0.05) is 102 Å². The second-order valence-electron chi connectivity index (χ2n) is 6.26. The third-order valence-corrected chi connectivity index (χ3v) is 4.19. The summed E-state index contributed by atoms with van der Waals surface area (Å²) < 4.78 is 0. The lowest BCUT2D eigenvalue weighted by molar-refractivity contribution is -0.507. The van der Waals surface area contributed by atoms with Crippen LogP contribution >= 0.6 is 0 Å². The van der Waals surface area contributed by atoms with Crippen LogP contribution in [0.3, 0.4) is 0 Å². The van der Waals surface area contributed by atoms with E-state index in [4.69, 9.17) is 10.1 Å². The lowest BCUT2D eigenvalue weighted by atomic mass is 10.0. The van der Waals surface area contributed by atoms with Gasteiger partial charge in [0.25, 0.3) is 0 Å². The number of rotatable bonds is 17. The monoisotopic (exact) mass is 302 g/mol. The largest absolute Gasteiger partial charge is 0.221 e. The smallest absolute Gasteiger partial charge is 0.0961 e. The summed E-state index contributed by atoms with van der Waals surface area (Å²) in [5, 5.41) is 12.4. The molecule has 1 unspecified atom stereocenters. The highest BCUT2D eigenvalue weighted by molar-refractivity contribution is 4.58. The zero-order valence-electron chi connectivity index (χ0n) is 14.4. The average Bonchev–Trinajstić information content (AvgIpc) is 2.49. The molecule has 0 aliphatic carbocycles. The molecule has 0 rings (SSSR count). The van der Waals surface area contributed by atoms with Crippen molar-refractivity contribution in [2.45, 2.75) is 116 Å². The Labute approximate surface area is 132 Å². The van der Waals surface area contributed by atoms with E-state index in [1.165, 1.54) is 83.5 Å². The summed E-state index contributed by atoms with van der Waals surface area (Å²) in [5.74, 6) is 0. The third-order valence-electron chi connectivity index (χ3n) is 4.19. The third kappa shape index (κ3) is 16.1. The molecule has 3 heteroatoms. The van der Waals surface area contributed by atoms with Gasteiger partial charge in [0.15, 0.2) is 0 Å². The molecule has 0 saturated carbocycles. The summed E-state index contributed by atoms with van der Waals surface area (Å²) in [5.41, 5.74) is 0. The van der Waals surface area contributed by atoms with Crippen LogP contribution in [0.2, 0.25) is 0 Å². The Balaban J connectivity index is 3.44. The Morgan fingerprint density at radius 3 is 1.38 bits per heavy atom. The van der Waals surface area contributed by atoms with E-state index in [2.05, 4.69) is 18.9 Å². The molecule has 0 amide bonds. The summed E-state index contributed by atoms with van der Waals surface area (Å²) in [4.78, 5) is 4.97. The lowest BCUT2D eigenvalue weighted by Gasteiger charge is -2.14. The van der Waals surface area contributed by atoms with E-state index >= 15 is 0 Å². The number of hydrogen-bond acceptors (Lipinski definition) is 3. The van der Waals surface area contributed by atoms with Crippen LogP contribution < -0.4 is 0 Å². The van der Waals surface area contributed by atoms with Crippen LogP contribution in [0.25, 0.3) is 0 Å². The molecule has 0 bridgehead atoms. The molecule has 0 aliphatic heterocycles. The standard InChI is InChI=1S/C18H38O3/c1-3-5-7-9-11-13-15-17-18(20-21-19)16-14-12-10-8-6-4-2/h18-19H,3-17H2,1-2H3. The molecule has 0 aromatic rings. The van der Waals surface area contributed by atoms with Crippen molar-refractivity contribution >= 4 is 0 Å². The summed E-state index contributed by atoms with van der Waals surface area (Å²) >= 11 is 0. The van der Waals surface area contributed by atoms with Gasteiger partial charge in [0.1, 0.15) is 0 Å². The molecular weight excluding hydrogens is 264 g/mol. The fourth-order valence-corrected chi connectivity index (χ4v) is 2.78. The van der Waals surface area contributed by atoms with E-state index < -0.39 is 0 Å². The molecule has 3 nitrogen and oxygen atoms in total. The van der Waals surface area contributed by atoms with E-state index in [0.717, 1.165) is 12.8 Å². The SMILES string of the molecule is CCCCCCCCCC(CCCCCCCC)OOO. The fourth-order valence-electron chi connectivity index (χ4n) is 2.78. The van der Waals surface area contributed by atoms with Crippen LogP contribution in [0.4, 0.5) is 0 Å². The zero-order chi connectivity index (χ0) is 15.6. The second-order valence-corrected chi connectivity index (χ2v) is 6.26. The van der Waals surface area contributed by atoms with E-state index in [1.54, 1.807) is 0 Å². The Bertz CT molecular complexity index is 185. The molecule has 0 heterocycles. The van der Waals surface area contributed by atoms with Crippen LogP contribution in [0.5, 0.6) is 0 Å². The van der Waals surface area contributed by atoms with Crippen LogP contribution in [-0.4, -0.2) is 11.4 Å². The van der Waals surface area contributed by atoms with Gasteiger partial charge in [0.05, 0.1) is 6.10 Å². The molecule has 0 saturated heterocycles. The summed E-state index contributed by atoms with van der Waals surface area (Å²) in [6.45, 7) is 4.49. The first-order chi connectivity index (χ1) is 10.3. The topological polar surface area (TPSA) is 38.7 Å². The van der Waals surface area contributed by atoms with E-state index in [1.807, 2.05) is 0 Å². The van der Waals surface area contributed by atoms with Crippen molar-refractivity contribution in [3.8, 4) is 0 Å². The molecule has 0 aromatic heterocycles. The minimum absolute atomic E-state index is 0.0665. The lowest BCUT2D eigenvalue weighted by Crippen LogP contribution is -2.12. The molecule has 0 radical (unpaired) electrons. The van der Waals surface area contributed by atoms with E-state index in [9.17, 15) is 0 Å². The second kappa shape index (κ2) is 17.9. The fraction of sp³-hybridized carbons (Fsp3) is 1.00. The molecule has 21 heavy (non-hydrogen) atoms. The maximum Gasteiger partial charge on any atom is 0.0961 e. The Hall–Kier alpha value is -0.120. The molecule has 0 fully saturated rings. The van der Waals surface area contributed by atoms with Gasteiger partial charge >= 0.3 is 0 Å². The number of hydrogen-bond donors (Lipinski definition) is 1. The van der Waals surface area contributed by atoms with Crippen molar-refractivity contribution in [1.82, 2.24) is 0 Å². The Morgan fingerprint density at radius 1 is 0.619 bits per heavy atom.